The summed E-state index contributed by atoms with van der Waals surface area (Å²) in [4.78, 5) is 19.2. The van der Waals surface area contributed by atoms with Crippen molar-refractivity contribution in [3.05, 3.63) is 59.9 Å². The fourth-order valence-corrected chi connectivity index (χ4v) is 3.42. The van der Waals surface area contributed by atoms with Gasteiger partial charge in [-0.2, -0.15) is 0 Å². The summed E-state index contributed by atoms with van der Waals surface area (Å²) >= 11 is 0. The molecular formula is C20H21ClF2N4O. The molecule has 0 aliphatic carbocycles. The Morgan fingerprint density at radius 1 is 1.07 bits per heavy atom. The number of carbonyl (C=O) groups is 1. The van der Waals surface area contributed by atoms with Crippen LogP contribution in [0.3, 0.4) is 0 Å². The quantitative estimate of drug-likeness (QED) is 0.694. The van der Waals surface area contributed by atoms with Crippen molar-refractivity contribution in [3.8, 4) is 0 Å². The van der Waals surface area contributed by atoms with Gasteiger partial charge in [0.1, 0.15) is 11.6 Å². The Hall–Kier alpha value is -2.51. The molecule has 1 aromatic heterocycles. The predicted octanol–water partition coefficient (Wildman–Crippen LogP) is 4.08. The average Bonchev–Trinajstić information content (AvgIpc) is 3.31. The molecule has 1 amide bonds. The van der Waals surface area contributed by atoms with Crippen LogP contribution in [0.4, 0.5) is 14.5 Å². The van der Waals surface area contributed by atoms with Gasteiger partial charge in [0.05, 0.1) is 23.0 Å². The lowest BCUT2D eigenvalue weighted by molar-refractivity contribution is 0.102. The molecule has 0 spiro atoms. The molecule has 148 valence electrons. The van der Waals surface area contributed by atoms with Gasteiger partial charge >= 0.3 is 0 Å². The second-order valence-electron chi connectivity index (χ2n) is 6.77. The summed E-state index contributed by atoms with van der Waals surface area (Å²) in [7, 11) is 0. The number of hydrogen-bond donors (Lipinski definition) is 1. The Morgan fingerprint density at radius 3 is 2.61 bits per heavy atom. The third kappa shape index (κ3) is 4.31. The van der Waals surface area contributed by atoms with Crippen LogP contribution in [0.25, 0.3) is 11.0 Å². The summed E-state index contributed by atoms with van der Waals surface area (Å²) in [5, 5.41) is 2.47. The van der Waals surface area contributed by atoms with E-state index in [9.17, 15) is 13.6 Å². The van der Waals surface area contributed by atoms with E-state index in [0.717, 1.165) is 43.8 Å². The third-order valence-corrected chi connectivity index (χ3v) is 4.92. The van der Waals surface area contributed by atoms with Gasteiger partial charge in [-0.15, -0.1) is 12.4 Å². The summed E-state index contributed by atoms with van der Waals surface area (Å²) in [5.74, 6) is -1.96. The molecule has 1 aliphatic rings. The van der Waals surface area contributed by atoms with Gasteiger partial charge in [-0.05, 0) is 56.3 Å². The highest BCUT2D eigenvalue weighted by atomic mass is 35.5. The molecule has 0 atom stereocenters. The standard InChI is InChI=1S/C20H20F2N4O.ClH/c21-15-4-5-17(16(22)12-15)24-20(27)14-3-6-19-18(11-14)23-13-26(19)10-9-25-7-1-2-8-25;/h3-6,11-13H,1-2,7-10H2,(H,24,27);1H. The predicted molar refractivity (Wildman–Crippen MR) is 107 cm³/mol. The van der Waals surface area contributed by atoms with Crippen molar-refractivity contribution in [1.29, 1.82) is 0 Å². The number of aromatic nitrogens is 2. The van der Waals surface area contributed by atoms with Gasteiger partial charge in [-0.1, -0.05) is 0 Å². The maximum Gasteiger partial charge on any atom is 0.255 e. The van der Waals surface area contributed by atoms with Crippen molar-refractivity contribution in [2.24, 2.45) is 0 Å². The number of carbonyl (C=O) groups excluding carboxylic acids is 1. The topological polar surface area (TPSA) is 50.2 Å². The molecule has 1 fully saturated rings. The van der Waals surface area contributed by atoms with E-state index in [1.54, 1.807) is 18.5 Å². The first-order valence-corrected chi connectivity index (χ1v) is 9.04. The number of likely N-dealkylation sites (tertiary alicyclic amines) is 1. The number of anilines is 1. The fourth-order valence-electron chi connectivity index (χ4n) is 3.42. The number of fused-ring (bicyclic) bond motifs is 1. The summed E-state index contributed by atoms with van der Waals surface area (Å²) in [6.45, 7) is 4.13. The molecule has 1 aliphatic heterocycles. The SMILES string of the molecule is Cl.O=C(Nc1ccc(F)cc1F)c1ccc2c(c1)ncn2CCN1CCCC1. The lowest BCUT2D eigenvalue weighted by Crippen LogP contribution is -2.23. The van der Waals surface area contributed by atoms with Gasteiger partial charge in [0.2, 0.25) is 0 Å². The molecule has 1 N–H and O–H groups in total. The highest BCUT2D eigenvalue weighted by Crippen LogP contribution is 2.19. The molecular weight excluding hydrogens is 386 g/mol. The van der Waals surface area contributed by atoms with E-state index in [-0.39, 0.29) is 18.1 Å². The normalized spacial score (nSPS) is 14.2. The summed E-state index contributed by atoms with van der Waals surface area (Å²) in [5.41, 5.74) is 1.98. The molecule has 3 aromatic rings. The van der Waals surface area contributed by atoms with Gasteiger partial charge in [-0.3, -0.25) is 4.79 Å². The third-order valence-electron chi connectivity index (χ3n) is 4.92. The minimum absolute atomic E-state index is 0. The number of halogens is 3. The molecule has 1 saturated heterocycles. The van der Waals surface area contributed by atoms with Crippen molar-refractivity contribution in [3.63, 3.8) is 0 Å². The lowest BCUT2D eigenvalue weighted by atomic mass is 10.1. The van der Waals surface area contributed by atoms with E-state index in [2.05, 4.69) is 19.8 Å². The molecule has 28 heavy (non-hydrogen) atoms. The summed E-state index contributed by atoms with van der Waals surface area (Å²) in [6, 6.07) is 8.26. The number of rotatable bonds is 5. The van der Waals surface area contributed by atoms with E-state index < -0.39 is 17.5 Å². The number of imidazole rings is 1. The highest BCUT2D eigenvalue weighted by Gasteiger charge is 2.14. The average molecular weight is 407 g/mol. The first-order chi connectivity index (χ1) is 13.1. The largest absolute Gasteiger partial charge is 0.329 e. The van der Waals surface area contributed by atoms with Crippen LogP contribution in [0.5, 0.6) is 0 Å². The van der Waals surface area contributed by atoms with Crippen molar-refractivity contribution in [2.75, 3.05) is 25.0 Å². The van der Waals surface area contributed by atoms with E-state index in [1.165, 1.54) is 18.9 Å². The van der Waals surface area contributed by atoms with Gasteiger partial charge in [-0.25, -0.2) is 13.8 Å². The Kier molecular flexibility index (Phi) is 6.26. The second-order valence-corrected chi connectivity index (χ2v) is 6.77. The van der Waals surface area contributed by atoms with E-state index in [0.29, 0.717) is 11.1 Å². The van der Waals surface area contributed by atoms with Crippen LogP contribution < -0.4 is 5.32 Å². The van der Waals surface area contributed by atoms with Crippen molar-refractivity contribution in [1.82, 2.24) is 14.5 Å². The summed E-state index contributed by atoms with van der Waals surface area (Å²) < 4.78 is 28.8. The zero-order chi connectivity index (χ0) is 18.8. The maximum atomic E-state index is 13.7. The first kappa shape index (κ1) is 20.2. The first-order valence-electron chi connectivity index (χ1n) is 9.04. The van der Waals surface area contributed by atoms with Gasteiger partial charge in [0, 0.05) is 24.7 Å². The minimum Gasteiger partial charge on any atom is -0.329 e. The molecule has 2 heterocycles. The molecule has 0 unspecified atom stereocenters. The lowest BCUT2D eigenvalue weighted by Gasteiger charge is -2.15. The monoisotopic (exact) mass is 406 g/mol. The zero-order valence-corrected chi connectivity index (χ0v) is 16.0. The number of hydrogen-bond acceptors (Lipinski definition) is 3. The second kappa shape index (κ2) is 8.67. The molecule has 2 aromatic carbocycles. The van der Waals surface area contributed by atoms with Crippen LogP contribution in [-0.4, -0.2) is 40.0 Å². The van der Waals surface area contributed by atoms with Crippen LogP contribution in [-0.2, 0) is 6.54 Å². The Balaban J connectivity index is 0.00000225. The van der Waals surface area contributed by atoms with Gasteiger partial charge in [0.25, 0.3) is 5.91 Å². The smallest absolute Gasteiger partial charge is 0.255 e. The molecule has 8 heteroatoms. The highest BCUT2D eigenvalue weighted by molar-refractivity contribution is 6.06. The van der Waals surface area contributed by atoms with Crippen LogP contribution in [0.2, 0.25) is 0 Å². The number of amides is 1. The summed E-state index contributed by atoms with van der Waals surface area (Å²) in [6.07, 6.45) is 4.30. The number of nitrogens with zero attached hydrogens (tertiary/aromatic N) is 3. The molecule has 5 nitrogen and oxygen atoms in total. The van der Waals surface area contributed by atoms with E-state index >= 15 is 0 Å². The van der Waals surface area contributed by atoms with Crippen LogP contribution in [0.15, 0.2) is 42.7 Å². The minimum atomic E-state index is -0.810. The Morgan fingerprint density at radius 2 is 1.86 bits per heavy atom. The van der Waals surface area contributed by atoms with Crippen molar-refractivity contribution >= 4 is 35.0 Å². The van der Waals surface area contributed by atoms with Gasteiger partial charge < -0.3 is 14.8 Å². The van der Waals surface area contributed by atoms with Crippen molar-refractivity contribution in [2.45, 2.75) is 19.4 Å². The zero-order valence-electron chi connectivity index (χ0n) is 15.2. The number of nitrogens with one attached hydrogen (secondary N) is 1. The van der Waals surface area contributed by atoms with E-state index in [4.69, 9.17) is 0 Å². The molecule has 0 bridgehead atoms. The number of benzene rings is 2. The molecule has 0 saturated carbocycles. The van der Waals surface area contributed by atoms with Gasteiger partial charge in [0.15, 0.2) is 0 Å². The fraction of sp³-hybridized carbons (Fsp3) is 0.300. The van der Waals surface area contributed by atoms with Crippen LogP contribution in [0.1, 0.15) is 23.2 Å². The van der Waals surface area contributed by atoms with Crippen LogP contribution in [0, 0.1) is 11.6 Å². The Labute approximate surface area is 167 Å². The maximum absolute atomic E-state index is 13.7. The van der Waals surface area contributed by atoms with E-state index in [1.807, 2.05) is 6.07 Å². The van der Waals surface area contributed by atoms with Crippen molar-refractivity contribution < 1.29 is 13.6 Å². The molecule has 0 radical (unpaired) electrons. The van der Waals surface area contributed by atoms with Crippen LogP contribution >= 0.6 is 12.4 Å². The Bertz CT molecular complexity index is 985. The molecule has 4 rings (SSSR count).